The maximum Gasteiger partial charge on any atom is 0.101 e. The maximum atomic E-state index is 5.75. The quantitative estimate of drug-likeness (QED) is 0.570. The van der Waals surface area contributed by atoms with Gasteiger partial charge in [0.25, 0.3) is 0 Å². The lowest BCUT2D eigenvalue weighted by atomic mass is 9.63. The van der Waals surface area contributed by atoms with E-state index in [2.05, 4.69) is 6.08 Å². The van der Waals surface area contributed by atoms with Crippen molar-refractivity contribution in [2.45, 2.75) is 51.0 Å². The molecule has 1 aliphatic heterocycles. The van der Waals surface area contributed by atoms with Gasteiger partial charge in [0.1, 0.15) is 6.10 Å². The minimum absolute atomic E-state index is 0.569. The molecule has 3 rings (SSSR count). The van der Waals surface area contributed by atoms with Crippen LogP contribution in [0.5, 0.6) is 0 Å². The second kappa shape index (κ2) is 3.60. The van der Waals surface area contributed by atoms with Crippen molar-refractivity contribution in [1.82, 2.24) is 0 Å². The van der Waals surface area contributed by atoms with Gasteiger partial charge in [0.05, 0.1) is 6.26 Å². The Morgan fingerprint density at radius 1 is 0.929 bits per heavy atom. The molecule has 0 spiro atoms. The van der Waals surface area contributed by atoms with Gasteiger partial charge in [0.15, 0.2) is 0 Å². The van der Waals surface area contributed by atoms with Gasteiger partial charge in [0.2, 0.25) is 0 Å². The molecule has 2 aliphatic carbocycles. The van der Waals surface area contributed by atoms with Crippen LogP contribution in [0.4, 0.5) is 0 Å². The standard InChI is InChI=1S/C13H20O/c1-2-5-11-10(4-1)7-8-13-12(11)6-3-9-14-13/h3,9-13H,1-2,4-8H2. The van der Waals surface area contributed by atoms with Crippen molar-refractivity contribution in [3.05, 3.63) is 12.3 Å². The van der Waals surface area contributed by atoms with Crippen molar-refractivity contribution in [2.24, 2.45) is 17.8 Å². The summed E-state index contributed by atoms with van der Waals surface area (Å²) in [5.41, 5.74) is 0. The zero-order valence-electron chi connectivity index (χ0n) is 8.82. The molecule has 1 heterocycles. The average molecular weight is 192 g/mol. The van der Waals surface area contributed by atoms with Crippen molar-refractivity contribution in [3.63, 3.8) is 0 Å². The third kappa shape index (κ3) is 1.37. The van der Waals surface area contributed by atoms with Crippen LogP contribution in [-0.4, -0.2) is 6.10 Å². The molecule has 14 heavy (non-hydrogen) atoms. The Balaban J connectivity index is 1.78. The topological polar surface area (TPSA) is 9.23 Å². The Hall–Kier alpha value is -0.460. The van der Waals surface area contributed by atoms with Gasteiger partial charge in [-0.25, -0.2) is 0 Å². The van der Waals surface area contributed by atoms with Crippen LogP contribution in [0.25, 0.3) is 0 Å². The van der Waals surface area contributed by atoms with Crippen molar-refractivity contribution >= 4 is 0 Å². The molecular weight excluding hydrogens is 172 g/mol. The van der Waals surface area contributed by atoms with Gasteiger partial charge in [-0.3, -0.25) is 0 Å². The summed E-state index contributed by atoms with van der Waals surface area (Å²) in [4.78, 5) is 0. The van der Waals surface area contributed by atoms with Gasteiger partial charge in [-0.2, -0.15) is 0 Å². The number of fused-ring (bicyclic) bond motifs is 3. The number of rotatable bonds is 0. The molecule has 1 nitrogen and oxygen atoms in total. The van der Waals surface area contributed by atoms with Gasteiger partial charge in [-0.1, -0.05) is 19.3 Å². The summed E-state index contributed by atoms with van der Waals surface area (Å²) in [5, 5.41) is 0. The highest BCUT2D eigenvalue weighted by atomic mass is 16.5. The zero-order chi connectivity index (χ0) is 9.38. The van der Waals surface area contributed by atoms with Gasteiger partial charge in [-0.15, -0.1) is 0 Å². The Morgan fingerprint density at radius 2 is 1.86 bits per heavy atom. The Kier molecular flexibility index (Phi) is 2.27. The normalized spacial score (nSPS) is 46.3. The Bertz CT molecular complexity index is 233. The van der Waals surface area contributed by atoms with E-state index in [0.29, 0.717) is 6.10 Å². The molecule has 2 saturated carbocycles. The molecule has 4 atom stereocenters. The van der Waals surface area contributed by atoms with Crippen LogP contribution >= 0.6 is 0 Å². The molecule has 0 bridgehead atoms. The lowest BCUT2D eigenvalue weighted by Gasteiger charge is -2.46. The summed E-state index contributed by atoms with van der Waals surface area (Å²) in [6, 6.07) is 0. The number of allylic oxidation sites excluding steroid dienone is 1. The summed E-state index contributed by atoms with van der Waals surface area (Å²) < 4.78 is 5.75. The molecule has 3 aliphatic rings. The van der Waals surface area contributed by atoms with E-state index in [4.69, 9.17) is 4.74 Å². The van der Waals surface area contributed by atoms with E-state index in [1.54, 1.807) is 0 Å². The molecule has 1 heteroatoms. The van der Waals surface area contributed by atoms with Crippen LogP contribution in [0, 0.1) is 17.8 Å². The van der Waals surface area contributed by atoms with Crippen LogP contribution in [-0.2, 0) is 4.74 Å². The lowest BCUT2D eigenvalue weighted by molar-refractivity contribution is -0.0319. The van der Waals surface area contributed by atoms with Crippen LogP contribution in [0.15, 0.2) is 12.3 Å². The molecule has 0 N–H and O–H groups in total. The second-order valence-corrected chi connectivity index (χ2v) is 5.23. The predicted molar refractivity (Wildman–Crippen MR) is 56.8 cm³/mol. The van der Waals surface area contributed by atoms with Crippen molar-refractivity contribution in [1.29, 1.82) is 0 Å². The summed E-state index contributed by atoms with van der Waals surface area (Å²) in [7, 11) is 0. The first-order valence-corrected chi connectivity index (χ1v) is 6.25. The minimum Gasteiger partial charge on any atom is -0.498 e. The van der Waals surface area contributed by atoms with Crippen LogP contribution in [0.2, 0.25) is 0 Å². The average Bonchev–Trinajstić information content (AvgIpc) is 2.29. The fraction of sp³-hybridized carbons (Fsp3) is 0.846. The van der Waals surface area contributed by atoms with E-state index >= 15 is 0 Å². The Labute approximate surface area is 86.5 Å². The molecular formula is C13H20O. The predicted octanol–water partition coefficient (Wildman–Crippen LogP) is 3.51. The highest BCUT2D eigenvalue weighted by Crippen LogP contribution is 2.47. The molecule has 0 aromatic carbocycles. The van der Waals surface area contributed by atoms with E-state index < -0.39 is 0 Å². The van der Waals surface area contributed by atoms with Gasteiger partial charge in [0, 0.05) is 5.92 Å². The van der Waals surface area contributed by atoms with Crippen LogP contribution in [0.3, 0.4) is 0 Å². The molecule has 4 unspecified atom stereocenters. The monoisotopic (exact) mass is 192 g/mol. The highest BCUT2D eigenvalue weighted by Gasteiger charge is 2.41. The fourth-order valence-electron chi connectivity index (χ4n) is 3.89. The van der Waals surface area contributed by atoms with Crippen molar-refractivity contribution in [3.8, 4) is 0 Å². The van der Waals surface area contributed by atoms with Gasteiger partial charge < -0.3 is 4.74 Å². The smallest absolute Gasteiger partial charge is 0.101 e. The third-order valence-electron chi connectivity index (χ3n) is 4.58. The largest absolute Gasteiger partial charge is 0.498 e. The first-order valence-electron chi connectivity index (χ1n) is 6.25. The Morgan fingerprint density at radius 3 is 2.86 bits per heavy atom. The summed E-state index contributed by atoms with van der Waals surface area (Å²) in [6.45, 7) is 0. The van der Waals surface area contributed by atoms with E-state index in [-0.39, 0.29) is 0 Å². The first kappa shape index (κ1) is 8.82. The summed E-state index contributed by atoms with van der Waals surface area (Å²) >= 11 is 0. The maximum absolute atomic E-state index is 5.75. The van der Waals surface area contributed by atoms with Crippen LogP contribution in [0.1, 0.15) is 44.9 Å². The third-order valence-corrected chi connectivity index (χ3v) is 4.58. The second-order valence-electron chi connectivity index (χ2n) is 5.23. The van der Waals surface area contributed by atoms with E-state index in [9.17, 15) is 0 Å². The van der Waals surface area contributed by atoms with Crippen molar-refractivity contribution < 1.29 is 4.74 Å². The van der Waals surface area contributed by atoms with E-state index in [1.165, 1.54) is 44.9 Å². The number of hydrogen-bond acceptors (Lipinski definition) is 1. The highest BCUT2D eigenvalue weighted by molar-refractivity contribution is 4.97. The molecule has 0 saturated heterocycles. The summed E-state index contributed by atoms with van der Waals surface area (Å²) in [5.74, 6) is 2.89. The molecule has 2 fully saturated rings. The fourth-order valence-corrected chi connectivity index (χ4v) is 3.89. The molecule has 0 radical (unpaired) electrons. The zero-order valence-corrected chi connectivity index (χ0v) is 8.82. The van der Waals surface area contributed by atoms with Gasteiger partial charge in [-0.05, 0) is 43.6 Å². The lowest BCUT2D eigenvalue weighted by Crippen LogP contribution is -2.41. The molecule has 0 aromatic heterocycles. The van der Waals surface area contributed by atoms with Gasteiger partial charge >= 0.3 is 0 Å². The SMILES string of the molecule is C1=COC2CCC3CCCCC3C2C1. The van der Waals surface area contributed by atoms with Crippen LogP contribution < -0.4 is 0 Å². The van der Waals surface area contributed by atoms with Crippen molar-refractivity contribution in [2.75, 3.05) is 0 Å². The molecule has 0 amide bonds. The summed E-state index contributed by atoms with van der Waals surface area (Å²) in [6.07, 6.45) is 14.7. The van der Waals surface area contributed by atoms with E-state index in [1.807, 2.05) is 6.26 Å². The first-order chi connectivity index (χ1) is 6.95. The van der Waals surface area contributed by atoms with E-state index in [0.717, 1.165) is 17.8 Å². The molecule has 78 valence electrons. The minimum atomic E-state index is 0.569. The number of hydrogen-bond donors (Lipinski definition) is 0. The molecule has 0 aromatic rings. The number of ether oxygens (including phenoxy) is 1.